The van der Waals surface area contributed by atoms with Crippen molar-refractivity contribution in [3.8, 4) is 11.5 Å². The minimum atomic E-state index is -0.608. The highest BCUT2D eigenvalue weighted by Gasteiger charge is 2.13. The molecule has 3 rings (SSSR count). The van der Waals surface area contributed by atoms with Gasteiger partial charge in [-0.15, -0.1) is 0 Å². The highest BCUT2D eigenvalue weighted by molar-refractivity contribution is 5.95. The number of aromatic hydroxyl groups is 2. The van der Waals surface area contributed by atoms with Crippen molar-refractivity contribution < 1.29 is 29.3 Å². The van der Waals surface area contributed by atoms with E-state index in [2.05, 4.69) is 9.98 Å². The van der Waals surface area contributed by atoms with Crippen LogP contribution in [-0.2, 0) is 9.47 Å². The van der Waals surface area contributed by atoms with Crippen molar-refractivity contribution in [2.45, 2.75) is 13.8 Å². The van der Waals surface area contributed by atoms with Crippen LogP contribution in [0.15, 0.2) is 70.6 Å². The second-order valence-corrected chi connectivity index (χ2v) is 7.03. The van der Waals surface area contributed by atoms with E-state index in [-0.39, 0.29) is 35.8 Å². The first-order valence-corrected chi connectivity index (χ1v) is 10.6. The number of phenols is 2. The fourth-order valence-corrected chi connectivity index (χ4v) is 2.92. The van der Waals surface area contributed by atoms with E-state index in [0.717, 1.165) is 11.1 Å². The summed E-state index contributed by atoms with van der Waals surface area (Å²) in [5, 5.41) is 19.7. The van der Waals surface area contributed by atoms with E-state index in [9.17, 15) is 19.8 Å². The molecule has 3 aromatic carbocycles. The highest BCUT2D eigenvalue weighted by atomic mass is 16.5. The third-order valence-electron chi connectivity index (χ3n) is 4.61. The molecule has 0 aromatic heterocycles. The molecule has 8 nitrogen and oxygen atoms in total. The molecule has 34 heavy (non-hydrogen) atoms. The Morgan fingerprint density at radius 2 is 1.09 bits per heavy atom. The Balaban J connectivity index is 1.70. The van der Waals surface area contributed by atoms with E-state index in [1.807, 2.05) is 24.3 Å². The van der Waals surface area contributed by atoms with Gasteiger partial charge in [-0.3, -0.25) is 9.98 Å². The van der Waals surface area contributed by atoms with Crippen LogP contribution in [0.1, 0.15) is 45.7 Å². The van der Waals surface area contributed by atoms with E-state index < -0.39 is 11.9 Å². The predicted octanol–water partition coefficient (Wildman–Crippen LogP) is 4.95. The number of aliphatic imine (C=N–C) groups is 2. The van der Waals surface area contributed by atoms with E-state index in [1.54, 1.807) is 38.4 Å². The summed E-state index contributed by atoms with van der Waals surface area (Å²) in [7, 11) is 0. The van der Waals surface area contributed by atoms with E-state index in [1.165, 1.54) is 24.3 Å². The van der Waals surface area contributed by atoms with Crippen LogP contribution in [0.4, 0.5) is 11.4 Å². The summed E-state index contributed by atoms with van der Waals surface area (Å²) in [6, 6.07) is 16.3. The molecule has 3 aromatic rings. The second-order valence-electron chi connectivity index (χ2n) is 7.03. The van der Waals surface area contributed by atoms with Crippen LogP contribution in [0.5, 0.6) is 11.5 Å². The van der Waals surface area contributed by atoms with Crippen LogP contribution in [0.3, 0.4) is 0 Å². The Morgan fingerprint density at radius 3 is 1.44 bits per heavy atom. The molecule has 0 amide bonds. The van der Waals surface area contributed by atoms with Gasteiger partial charge in [0.1, 0.15) is 22.6 Å². The van der Waals surface area contributed by atoms with Crippen LogP contribution in [0.25, 0.3) is 0 Å². The molecule has 0 aliphatic rings. The Kier molecular flexibility index (Phi) is 8.12. The summed E-state index contributed by atoms with van der Waals surface area (Å²) in [6.07, 6.45) is 3.27. The van der Waals surface area contributed by atoms with Gasteiger partial charge in [0.05, 0.1) is 24.6 Å². The number of hydrogen-bond acceptors (Lipinski definition) is 8. The molecule has 0 aliphatic heterocycles. The molecule has 0 fully saturated rings. The first-order valence-electron chi connectivity index (χ1n) is 10.6. The van der Waals surface area contributed by atoms with Crippen molar-refractivity contribution in [2.75, 3.05) is 13.2 Å². The lowest BCUT2D eigenvalue weighted by molar-refractivity contribution is 0.0513. The first-order chi connectivity index (χ1) is 16.4. The van der Waals surface area contributed by atoms with Crippen LogP contribution < -0.4 is 0 Å². The molecule has 0 saturated heterocycles. The fraction of sp³-hybridized carbons (Fsp3) is 0.154. The summed E-state index contributed by atoms with van der Waals surface area (Å²) in [4.78, 5) is 32.5. The highest BCUT2D eigenvalue weighted by Crippen LogP contribution is 2.25. The van der Waals surface area contributed by atoms with Crippen molar-refractivity contribution in [3.63, 3.8) is 0 Å². The zero-order chi connectivity index (χ0) is 24.5. The second kappa shape index (κ2) is 11.4. The topological polar surface area (TPSA) is 118 Å². The number of nitrogens with zero attached hydrogens (tertiary/aromatic N) is 2. The normalized spacial score (nSPS) is 11.1. The van der Waals surface area contributed by atoms with Crippen molar-refractivity contribution in [2.24, 2.45) is 9.98 Å². The molecular weight excluding hydrogens is 436 g/mol. The number of phenolic OH excluding ortho intramolecular Hbond substituents is 2. The number of ether oxygens (including phenoxy) is 2. The minimum absolute atomic E-state index is 0.0587. The molecule has 0 aliphatic carbocycles. The lowest BCUT2D eigenvalue weighted by atomic mass is 10.1. The molecule has 0 spiro atoms. The molecule has 0 heterocycles. The average Bonchev–Trinajstić information content (AvgIpc) is 2.84. The summed E-state index contributed by atoms with van der Waals surface area (Å²) in [6.45, 7) is 3.80. The minimum Gasteiger partial charge on any atom is -0.507 e. The van der Waals surface area contributed by atoms with Crippen molar-refractivity contribution >= 4 is 35.7 Å². The van der Waals surface area contributed by atoms with Gasteiger partial charge >= 0.3 is 11.9 Å². The van der Waals surface area contributed by atoms with Crippen molar-refractivity contribution in [1.29, 1.82) is 0 Å². The van der Waals surface area contributed by atoms with E-state index in [4.69, 9.17) is 9.47 Å². The van der Waals surface area contributed by atoms with Crippen molar-refractivity contribution in [1.82, 2.24) is 0 Å². The maximum absolute atomic E-state index is 11.9. The molecular formula is C26H24N2O6. The Bertz CT molecular complexity index is 1140. The van der Waals surface area contributed by atoms with E-state index in [0.29, 0.717) is 11.4 Å². The SMILES string of the molecule is CCOC(=O)c1cc(N=Cc2ccc(C=Nc3ccc(O)c(C(=O)OCC)c3)cc2)ccc1O. The zero-order valence-corrected chi connectivity index (χ0v) is 18.8. The van der Waals surface area contributed by atoms with Crippen molar-refractivity contribution in [3.05, 3.63) is 82.9 Å². The molecule has 174 valence electrons. The maximum atomic E-state index is 11.9. The number of benzene rings is 3. The molecule has 0 atom stereocenters. The number of rotatable bonds is 8. The summed E-state index contributed by atoms with van der Waals surface area (Å²) >= 11 is 0. The molecule has 2 N–H and O–H groups in total. The molecule has 0 saturated carbocycles. The van der Waals surface area contributed by atoms with Gasteiger partial charge in [0.2, 0.25) is 0 Å². The zero-order valence-electron chi connectivity index (χ0n) is 18.8. The Labute approximate surface area is 196 Å². The fourth-order valence-electron chi connectivity index (χ4n) is 2.92. The van der Waals surface area contributed by atoms with Gasteiger partial charge in [0.15, 0.2) is 0 Å². The number of carbonyl (C=O) groups is 2. The lowest BCUT2D eigenvalue weighted by Gasteiger charge is -2.05. The van der Waals surface area contributed by atoms with Gasteiger partial charge in [-0.05, 0) is 61.4 Å². The third kappa shape index (κ3) is 6.29. The number of esters is 2. The Morgan fingerprint density at radius 1 is 0.706 bits per heavy atom. The first kappa shape index (κ1) is 24.2. The van der Waals surface area contributed by atoms with Gasteiger partial charge in [-0.25, -0.2) is 9.59 Å². The van der Waals surface area contributed by atoms with Crippen LogP contribution in [0.2, 0.25) is 0 Å². The van der Waals surface area contributed by atoms with E-state index >= 15 is 0 Å². The maximum Gasteiger partial charge on any atom is 0.341 e. The van der Waals surface area contributed by atoms with Crippen LogP contribution in [-0.4, -0.2) is 47.8 Å². The molecule has 0 bridgehead atoms. The van der Waals surface area contributed by atoms with Gasteiger partial charge < -0.3 is 19.7 Å². The van der Waals surface area contributed by atoms with Gasteiger partial charge in [-0.1, -0.05) is 24.3 Å². The van der Waals surface area contributed by atoms with Gasteiger partial charge in [0.25, 0.3) is 0 Å². The van der Waals surface area contributed by atoms with Gasteiger partial charge in [-0.2, -0.15) is 0 Å². The largest absolute Gasteiger partial charge is 0.507 e. The number of hydrogen-bond donors (Lipinski definition) is 2. The van der Waals surface area contributed by atoms with Crippen LogP contribution >= 0.6 is 0 Å². The summed E-state index contributed by atoms with van der Waals surface area (Å²) in [5.41, 5.74) is 2.74. The molecule has 8 heteroatoms. The molecule has 0 radical (unpaired) electrons. The monoisotopic (exact) mass is 460 g/mol. The summed E-state index contributed by atoms with van der Waals surface area (Å²) in [5.74, 6) is -1.54. The smallest absolute Gasteiger partial charge is 0.341 e. The quantitative estimate of drug-likeness (QED) is 0.363. The average molecular weight is 460 g/mol. The van der Waals surface area contributed by atoms with Gasteiger partial charge in [0, 0.05) is 12.4 Å². The summed E-state index contributed by atoms with van der Waals surface area (Å²) < 4.78 is 9.86. The molecule has 0 unspecified atom stereocenters. The predicted molar refractivity (Wildman–Crippen MR) is 129 cm³/mol. The number of carbonyl (C=O) groups excluding carboxylic acids is 2. The van der Waals surface area contributed by atoms with Crippen LogP contribution in [0, 0.1) is 0 Å². The lowest BCUT2D eigenvalue weighted by Crippen LogP contribution is -2.04. The Hall–Kier alpha value is -4.46. The standard InChI is InChI=1S/C26H24N2O6/c1-3-33-25(31)21-13-19(9-11-23(21)29)27-15-17-5-7-18(8-6-17)16-28-20-10-12-24(30)22(14-20)26(32)34-4-2/h5-16,29-30H,3-4H2,1-2H3. The third-order valence-corrected chi connectivity index (χ3v) is 4.61.